The van der Waals surface area contributed by atoms with Crippen LogP contribution in [0.25, 0.3) is 0 Å². The van der Waals surface area contributed by atoms with Crippen LogP contribution in [0.15, 0.2) is 59.6 Å². The fourth-order valence-corrected chi connectivity index (χ4v) is 5.29. The normalized spacial score (nSPS) is 14.9. The summed E-state index contributed by atoms with van der Waals surface area (Å²) in [6, 6.07) is 11.5. The van der Waals surface area contributed by atoms with Gasteiger partial charge in [-0.15, -0.1) is 0 Å². The first kappa shape index (κ1) is 43.3. The third-order valence-corrected chi connectivity index (χ3v) is 7.66. The van der Waals surface area contributed by atoms with Crippen LogP contribution in [-0.2, 0) is 41.6 Å². The maximum absolute atomic E-state index is 13.5. The number of nitrogens with one attached hydrogen (secondary N) is 3. The summed E-state index contributed by atoms with van der Waals surface area (Å²) in [7, 11) is 0. The van der Waals surface area contributed by atoms with E-state index >= 15 is 0 Å². The van der Waals surface area contributed by atoms with Gasteiger partial charge in [-0.3, -0.25) is 28.8 Å². The lowest BCUT2D eigenvalue weighted by molar-refractivity contribution is -0.140. The molecule has 2 aromatic rings. The molecular weight excluding hydrogens is 664 g/mol. The van der Waals surface area contributed by atoms with E-state index in [1.807, 2.05) is 37.3 Å². The number of phenols is 1. The van der Waals surface area contributed by atoms with Crippen molar-refractivity contribution in [1.82, 2.24) is 20.9 Å². The summed E-state index contributed by atoms with van der Waals surface area (Å²) in [6.45, 7) is 2.90. The van der Waals surface area contributed by atoms with Crippen molar-refractivity contribution in [3.63, 3.8) is 0 Å². The summed E-state index contributed by atoms with van der Waals surface area (Å²) in [5.41, 5.74) is 18.1. The van der Waals surface area contributed by atoms with Gasteiger partial charge in [-0.05, 0) is 42.5 Å². The lowest BCUT2D eigenvalue weighted by atomic mass is 10.0. The van der Waals surface area contributed by atoms with Gasteiger partial charge in [-0.25, -0.2) is 4.99 Å². The number of nitrogens with two attached hydrogens (primary N) is 3. The van der Waals surface area contributed by atoms with Crippen LogP contribution in [0.1, 0.15) is 57.1 Å². The van der Waals surface area contributed by atoms with Crippen molar-refractivity contribution >= 4 is 41.5 Å². The number of unbranched alkanes of at least 4 members (excludes halogenated alkanes) is 1. The Morgan fingerprint density at radius 3 is 2.08 bits per heavy atom. The Kier molecular flexibility index (Phi) is 18.8. The summed E-state index contributed by atoms with van der Waals surface area (Å²) in [4.78, 5) is 79.4. The molecule has 5 amide bonds. The van der Waals surface area contributed by atoms with E-state index < -0.39 is 66.2 Å². The molecule has 2 aromatic carbocycles. The van der Waals surface area contributed by atoms with Gasteiger partial charge < -0.3 is 53.7 Å². The molecule has 0 bridgehead atoms. The van der Waals surface area contributed by atoms with Crippen molar-refractivity contribution in [2.24, 2.45) is 22.2 Å². The zero-order chi connectivity index (χ0) is 37.2. The highest BCUT2D eigenvalue weighted by Crippen LogP contribution is 2.19. The molecule has 4 atom stereocenters. The molecule has 1 aliphatic heterocycles. The summed E-state index contributed by atoms with van der Waals surface area (Å²) >= 11 is 0. The quantitative estimate of drug-likeness (QED) is 0.0762. The number of carboxylic acids is 1. The molecule has 0 saturated carbocycles. The molecule has 1 fully saturated rings. The van der Waals surface area contributed by atoms with Gasteiger partial charge in [0.1, 0.15) is 29.9 Å². The Labute approximate surface area is 296 Å². The predicted molar refractivity (Wildman–Crippen MR) is 189 cm³/mol. The third-order valence-electron chi connectivity index (χ3n) is 7.66. The largest absolute Gasteiger partial charge is 0.508 e. The van der Waals surface area contributed by atoms with Gasteiger partial charge in [0.05, 0.1) is 6.54 Å². The summed E-state index contributed by atoms with van der Waals surface area (Å²) < 4.78 is 0. The zero-order valence-corrected chi connectivity index (χ0v) is 28.8. The Hall–Kier alpha value is -5.71. The van der Waals surface area contributed by atoms with Gasteiger partial charge in [-0.2, -0.15) is 0 Å². The van der Waals surface area contributed by atoms with Crippen LogP contribution < -0.4 is 33.2 Å². The Morgan fingerprint density at radius 2 is 1.51 bits per heavy atom. The number of primary amides is 1. The van der Waals surface area contributed by atoms with Crippen molar-refractivity contribution in [3.8, 4) is 5.75 Å². The second-order valence-corrected chi connectivity index (χ2v) is 11.8. The van der Waals surface area contributed by atoms with Gasteiger partial charge >= 0.3 is 0 Å². The number of carbonyl (C=O) groups is 6. The van der Waals surface area contributed by atoms with E-state index in [1.165, 1.54) is 17.0 Å². The van der Waals surface area contributed by atoms with Gasteiger partial charge in [0.25, 0.3) is 5.97 Å². The summed E-state index contributed by atoms with van der Waals surface area (Å²) in [5, 5.41) is 24.9. The van der Waals surface area contributed by atoms with E-state index in [2.05, 4.69) is 20.9 Å². The standard InChI is InChI=1S/C32H44N8O6.C2H4O2.H2O/c1-2-3-10-23(38-30(45)24(39-32(34)35)17-21-12-14-22(41)15-13-21)29(44)36-19-27(42)37-25(18-20-8-5-4-6-9-20)31(46)40-16-7-11-26(40)28(33)43;1-2(3)4;/h4-6,8-9,12-15,23-26,41H,2-3,7,10-11,16-19H2,1H3,(H2,33,43)(H,36,44)(H,37,42)(H,38,45)(H4,34,35,39);1H3,(H,3,4);1H2/t23-,24+,25+,26+;;/m1../s1. The van der Waals surface area contributed by atoms with Crippen molar-refractivity contribution in [2.75, 3.05) is 13.1 Å². The van der Waals surface area contributed by atoms with E-state index in [0.717, 1.165) is 18.9 Å². The molecule has 1 heterocycles. The molecule has 0 spiro atoms. The molecule has 280 valence electrons. The number of phenolic OH excluding ortho intramolecular Hbond substituents is 1. The highest BCUT2D eigenvalue weighted by molar-refractivity contribution is 5.95. The van der Waals surface area contributed by atoms with Crippen molar-refractivity contribution in [2.45, 2.75) is 83.0 Å². The number of aliphatic imine (C=N–C) groups is 1. The van der Waals surface area contributed by atoms with Crippen LogP contribution in [0, 0.1) is 0 Å². The van der Waals surface area contributed by atoms with Crippen LogP contribution in [0.2, 0.25) is 0 Å². The second-order valence-electron chi connectivity index (χ2n) is 11.8. The number of aromatic hydroxyl groups is 1. The Bertz CT molecular complexity index is 1480. The van der Waals surface area contributed by atoms with Crippen LogP contribution >= 0.6 is 0 Å². The molecule has 0 radical (unpaired) electrons. The molecule has 17 heteroatoms. The number of benzene rings is 2. The van der Waals surface area contributed by atoms with Gasteiger partial charge in [0.2, 0.25) is 29.5 Å². The molecule has 0 unspecified atom stereocenters. The number of rotatable bonds is 16. The SMILES string of the molecule is CC(=O)O.CCCC[C@@H](NC(=O)[C@H](Cc1ccc(O)cc1)N=C(N)N)C(=O)NCC(=O)N[C@@H](Cc1ccccc1)C(=O)N1CCC[C@H]1C(N)=O.O. The maximum atomic E-state index is 13.5. The minimum absolute atomic E-state index is 0. The fourth-order valence-electron chi connectivity index (χ4n) is 5.29. The maximum Gasteiger partial charge on any atom is 0.300 e. The molecule has 51 heavy (non-hydrogen) atoms. The molecule has 17 nitrogen and oxygen atoms in total. The molecule has 0 aliphatic carbocycles. The second kappa shape index (κ2) is 22.1. The van der Waals surface area contributed by atoms with E-state index in [1.54, 1.807) is 12.1 Å². The van der Waals surface area contributed by atoms with Gasteiger partial charge in [-0.1, -0.05) is 62.2 Å². The van der Waals surface area contributed by atoms with E-state index in [9.17, 15) is 29.1 Å². The zero-order valence-electron chi connectivity index (χ0n) is 28.8. The number of carbonyl (C=O) groups excluding carboxylic acids is 5. The third kappa shape index (κ3) is 15.6. The molecule has 3 rings (SSSR count). The highest BCUT2D eigenvalue weighted by Gasteiger charge is 2.37. The highest BCUT2D eigenvalue weighted by atomic mass is 16.4. The lowest BCUT2D eigenvalue weighted by Crippen LogP contribution is -2.55. The molecular formula is C34H50N8O9. The number of carboxylic acid groups (broad SMARTS) is 1. The topological polar surface area (TPSA) is 304 Å². The van der Waals surface area contributed by atoms with E-state index in [-0.39, 0.29) is 30.0 Å². The number of aliphatic carboxylic acids is 1. The van der Waals surface area contributed by atoms with Crippen LogP contribution in [0.4, 0.5) is 0 Å². The van der Waals surface area contributed by atoms with Crippen molar-refractivity contribution < 1.29 is 44.5 Å². The van der Waals surface area contributed by atoms with Crippen LogP contribution in [0.3, 0.4) is 0 Å². The average molecular weight is 715 g/mol. The van der Waals surface area contributed by atoms with Crippen LogP contribution in [-0.4, -0.2) is 99.3 Å². The lowest BCUT2D eigenvalue weighted by Gasteiger charge is -2.28. The average Bonchev–Trinajstić information content (AvgIpc) is 3.56. The number of amides is 5. The summed E-state index contributed by atoms with van der Waals surface area (Å²) in [6.07, 6.45) is 3.00. The number of hydrogen-bond acceptors (Lipinski definition) is 8. The van der Waals surface area contributed by atoms with Crippen LogP contribution in [0.5, 0.6) is 5.75 Å². The first-order valence-electron chi connectivity index (χ1n) is 16.3. The predicted octanol–water partition coefficient (Wildman–Crippen LogP) is -1.16. The Morgan fingerprint density at radius 1 is 0.902 bits per heavy atom. The number of guanidine groups is 1. The van der Waals surface area contributed by atoms with E-state index in [4.69, 9.17) is 27.1 Å². The minimum Gasteiger partial charge on any atom is -0.508 e. The number of hydrogen-bond donors (Lipinski definition) is 8. The number of nitrogens with zero attached hydrogens (tertiary/aromatic N) is 2. The molecule has 1 aliphatic rings. The van der Waals surface area contributed by atoms with Gasteiger partial charge in [0, 0.05) is 26.3 Å². The smallest absolute Gasteiger partial charge is 0.300 e. The summed E-state index contributed by atoms with van der Waals surface area (Å²) in [5.74, 6) is -3.92. The monoisotopic (exact) mass is 714 g/mol. The van der Waals surface area contributed by atoms with Crippen molar-refractivity contribution in [3.05, 3.63) is 65.7 Å². The Balaban J connectivity index is 0.00000246. The van der Waals surface area contributed by atoms with Crippen molar-refractivity contribution in [1.29, 1.82) is 0 Å². The molecule has 1 saturated heterocycles. The minimum atomic E-state index is -1.05. The first-order chi connectivity index (χ1) is 23.7. The van der Waals surface area contributed by atoms with Gasteiger partial charge in [0.15, 0.2) is 5.96 Å². The first-order valence-corrected chi connectivity index (χ1v) is 16.3. The fraction of sp³-hybridized carbons (Fsp3) is 0.441. The molecule has 13 N–H and O–H groups in total. The molecule has 0 aromatic heterocycles. The number of likely N-dealkylation sites (tertiary alicyclic amines) is 1. The van der Waals surface area contributed by atoms with E-state index in [0.29, 0.717) is 37.8 Å².